The molecular weight excluding hydrogens is 536 g/mol. The molecule has 0 aliphatic carbocycles. The van der Waals surface area contributed by atoms with Gasteiger partial charge in [-0.25, -0.2) is 13.2 Å². The number of sulfonamides is 1. The monoisotopic (exact) mass is 574 g/mol. The summed E-state index contributed by atoms with van der Waals surface area (Å²) in [5, 5.41) is 3.59. The van der Waals surface area contributed by atoms with E-state index in [9.17, 15) is 13.2 Å². The lowest BCUT2D eigenvalue weighted by Gasteiger charge is -2.26. The normalized spacial score (nSPS) is 14.6. The van der Waals surface area contributed by atoms with Gasteiger partial charge in [0.25, 0.3) is 10.0 Å². The number of hydrogen-bond donors (Lipinski definition) is 3. The Morgan fingerprint density at radius 2 is 1.66 bits per heavy atom. The third-order valence-electron chi connectivity index (χ3n) is 7.45. The number of nitrogens with one attached hydrogen (secondary N) is 3. The van der Waals surface area contributed by atoms with E-state index in [0.717, 1.165) is 41.7 Å². The van der Waals surface area contributed by atoms with Crippen LogP contribution in [0.1, 0.15) is 45.6 Å². The summed E-state index contributed by atoms with van der Waals surface area (Å²) in [5.41, 5.74) is 3.63. The van der Waals surface area contributed by atoms with Crippen LogP contribution in [-0.4, -0.2) is 50.6 Å². The molecule has 0 bridgehead atoms. The fourth-order valence-corrected chi connectivity index (χ4v) is 6.22. The summed E-state index contributed by atoms with van der Waals surface area (Å²) in [6.45, 7) is 9.67. The van der Waals surface area contributed by atoms with Gasteiger partial charge in [0.1, 0.15) is 0 Å². The number of anilines is 1. The number of ether oxygens (including phenoxy) is 1. The van der Waals surface area contributed by atoms with Crippen molar-refractivity contribution < 1.29 is 17.9 Å². The molecule has 5 rings (SSSR count). The topological polar surface area (TPSA) is 104 Å². The second kappa shape index (κ2) is 12.0. The van der Waals surface area contributed by atoms with E-state index in [2.05, 4.69) is 40.7 Å². The zero-order valence-electron chi connectivity index (χ0n) is 23.9. The predicted molar refractivity (Wildman–Crippen MR) is 164 cm³/mol. The summed E-state index contributed by atoms with van der Waals surface area (Å²) in [7, 11) is -3.81. The van der Waals surface area contributed by atoms with Crippen LogP contribution in [0.15, 0.2) is 77.7 Å². The van der Waals surface area contributed by atoms with E-state index >= 15 is 0 Å². The zero-order chi connectivity index (χ0) is 29.0. The molecule has 1 aliphatic rings. The van der Waals surface area contributed by atoms with Crippen LogP contribution in [0.3, 0.4) is 0 Å². The van der Waals surface area contributed by atoms with Gasteiger partial charge >= 0.3 is 6.09 Å². The number of nitrogens with zero attached hydrogens (tertiary/aromatic N) is 1. The first kappa shape index (κ1) is 28.7. The number of piperidine rings is 1. The Morgan fingerprint density at radius 3 is 2.34 bits per heavy atom. The molecule has 1 saturated heterocycles. The molecule has 4 aromatic rings. The van der Waals surface area contributed by atoms with Gasteiger partial charge in [-0.3, -0.25) is 4.72 Å². The molecule has 0 atom stereocenters. The van der Waals surface area contributed by atoms with Gasteiger partial charge in [-0.15, -0.1) is 0 Å². The van der Waals surface area contributed by atoms with Crippen LogP contribution in [0.2, 0.25) is 0 Å². The van der Waals surface area contributed by atoms with E-state index in [-0.39, 0.29) is 10.3 Å². The molecule has 41 heavy (non-hydrogen) atoms. The maximum atomic E-state index is 13.2. The first-order valence-corrected chi connectivity index (χ1v) is 15.6. The van der Waals surface area contributed by atoms with Crippen LogP contribution >= 0.6 is 0 Å². The minimum atomic E-state index is -3.81. The van der Waals surface area contributed by atoms with Crippen molar-refractivity contribution in [3.63, 3.8) is 0 Å². The SMILES string of the molecule is CC(C)(C)c1ccc(S(=O)(=O)Nc2ccc3[nH]c(OC(=O)NCCN4CCCCC4)c(-c4ccccc4)c3c2)cc1. The third-order valence-corrected chi connectivity index (χ3v) is 8.85. The van der Waals surface area contributed by atoms with Crippen LogP contribution in [-0.2, 0) is 15.4 Å². The number of amides is 1. The molecule has 8 nitrogen and oxygen atoms in total. The average Bonchev–Trinajstić information content (AvgIpc) is 3.30. The highest BCUT2D eigenvalue weighted by Gasteiger charge is 2.21. The Hall–Kier alpha value is -3.82. The molecule has 216 valence electrons. The Balaban J connectivity index is 1.38. The number of benzene rings is 3. The Bertz CT molecular complexity index is 1600. The van der Waals surface area contributed by atoms with Crippen molar-refractivity contribution in [3.05, 3.63) is 78.4 Å². The number of H-pyrrole nitrogens is 1. The van der Waals surface area contributed by atoms with Crippen molar-refractivity contribution in [1.82, 2.24) is 15.2 Å². The fourth-order valence-electron chi connectivity index (χ4n) is 5.17. The molecule has 3 N–H and O–H groups in total. The number of aromatic nitrogens is 1. The number of likely N-dealkylation sites (tertiary alicyclic amines) is 1. The van der Waals surface area contributed by atoms with Crippen LogP contribution < -0.4 is 14.8 Å². The number of fused-ring (bicyclic) bond motifs is 1. The molecule has 1 aliphatic heterocycles. The average molecular weight is 575 g/mol. The van der Waals surface area contributed by atoms with Crippen LogP contribution in [0.4, 0.5) is 10.5 Å². The highest BCUT2D eigenvalue weighted by Crippen LogP contribution is 2.39. The Kier molecular flexibility index (Phi) is 8.37. The second-order valence-corrected chi connectivity index (χ2v) is 13.2. The number of carbonyl (C=O) groups is 1. The van der Waals surface area contributed by atoms with E-state index in [1.54, 1.807) is 30.3 Å². The molecular formula is C32H38N4O4S. The number of hydrogen-bond acceptors (Lipinski definition) is 5. The van der Waals surface area contributed by atoms with Gasteiger partial charge in [-0.05, 0) is 72.8 Å². The summed E-state index contributed by atoms with van der Waals surface area (Å²) in [5.74, 6) is 0.305. The largest absolute Gasteiger partial charge is 0.413 e. The highest BCUT2D eigenvalue weighted by molar-refractivity contribution is 7.92. The van der Waals surface area contributed by atoms with Crippen molar-refractivity contribution in [1.29, 1.82) is 0 Å². The van der Waals surface area contributed by atoms with Crippen LogP contribution in [0, 0.1) is 0 Å². The summed E-state index contributed by atoms with van der Waals surface area (Å²) < 4.78 is 34.9. The minimum Gasteiger partial charge on any atom is -0.393 e. The van der Waals surface area contributed by atoms with Crippen LogP contribution in [0.5, 0.6) is 5.88 Å². The zero-order valence-corrected chi connectivity index (χ0v) is 24.7. The van der Waals surface area contributed by atoms with Gasteiger partial charge in [-0.1, -0.05) is 69.7 Å². The molecule has 0 unspecified atom stereocenters. The molecule has 1 amide bonds. The van der Waals surface area contributed by atoms with Gasteiger partial charge in [-0.2, -0.15) is 0 Å². The predicted octanol–water partition coefficient (Wildman–Crippen LogP) is 6.51. The standard InChI is InChI=1S/C32H38N4O4S/c1-32(2,3)24-12-15-26(16-13-24)41(38,39)35-25-14-17-28-27(22-25)29(23-10-6-4-7-11-23)30(34-28)40-31(37)33-18-21-36-19-8-5-9-20-36/h4,6-7,10-17,22,34-35H,5,8-9,18-21H2,1-3H3,(H,33,37). The summed E-state index contributed by atoms with van der Waals surface area (Å²) in [4.78, 5) is 18.5. The Morgan fingerprint density at radius 1 is 0.951 bits per heavy atom. The third kappa shape index (κ3) is 6.92. The molecule has 3 aromatic carbocycles. The minimum absolute atomic E-state index is 0.0765. The lowest BCUT2D eigenvalue weighted by Crippen LogP contribution is -2.38. The van der Waals surface area contributed by atoms with E-state index in [1.165, 1.54) is 19.3 Å². The molecule has 0 spiro atoms. The van der Waals surface area contributed by atoms with Gasteiger partial charge in [0, 0.05) is 29.7 Å². The molecule has 1 aromatic heterocycles. The highest BCUT2D eigenvalue weighted by atomic mass is 32.2. The lowest BCUT2D eigenvalue weighted by atomic mass is 9.87. The second-order valence-electron chi connectivity index (χ2n) is 11.6. The van der Waals surface area contributed by atoms with Gasteiger partial charge in [0.05, 0.1) is 10.5 Å². The van der Waals surface area contributed by atoms with Crippen molar-refractivity contribution in [2.24, 2.45) is 0 Å². The molecule has 0 radical (unpaired) electrons. The molecule has 9 heteroatoms. The molecule has 1 fully saturated rings. The smallest absolute Gasteiger partial charge is 0.393 e. The van der Waals surface area contributed by atoms with Crippen molar-refractivity contribution in [2.75, 3.05) is 30.9 Å². The van der Waals surface area contributed by atoms with E-state index in [1.807, 2.05) is 42.5 Å². The summed E-state index contributed by atoms with van der Waals surface area (Å²) in [6.07, 6.45) is 3.12. The number of carbonyl (C=O) groups excluding carboxylic acids is 1. The van der Waals surface area contributed by atoms with Gasteiger partial charge in [0.2, 0.25) is 5.88 Å². The van der Waals surface area contributed by atoms with Gasteiger partial charge in [0.15, 0.2) is 0 Å². The Labute approximate surface area is 242 Å². The van der Waals surface area contributed by atoms with E-state index in [4.69, 9.17) is 4.74 Å². The number of rotatable bonds is 8. The quantitative estimate of drug-likeness (QED) is 0.223. The van der Waals surface area contributed by atoms with Crippen molar-refractivity contribution in [3.8, 4) is 17.0 Å². The first-order chi connectivity index (χ1) is 19.6. The summed E-state index contributed by atoms with van der Waals surface area (Å²) >= 11 is 0. The van der Waals surface area contributed by atoms with Crippen LogP contribution in [0.25, 0.3) is 22.0 Å². The van der Waals surface area contributed by atoms with Crippen molar-refractivity contribution >= 4 is 32.7 Å². The van der Waals surface area contributed by atoms with E-state index < -0.39 is 16.1 Å². The number of aromatic amines is 1. The van der Waals surface area contributed by atoms with Gasteiger partial charge < -0.3 is 19.9 Å². The molecule has 0 saturated carbocycles. The first-order valence-electron chi connectivity index (χ1n) is 14.1. The van der Waals surface area contributed by atoms with Crippen molar-refractivity contribution in [2.45, 2.75) is 50.3 Å². The lowest BCUT2D eigenvalue weighted by molar-refractivity contribution is 0.192. The maximum absolute atomic E-state index is 13.2. The maximum Gasteiger partial charge on any atom is 0.413 e. The molecule has 2 heterocycles. The van der Waals surface area contributed by atoms with E-state index in [0.29, 0.717) is 23.7 Å². The summed E-state index contributed by atoms with van der Waals surface area (Å²) in [6, 6.07) is 21.8. The fraction of sp³-hybridized carbons (Fsp3) is 0.344.